The van der Waals surface area contributed by atoms with Gasteiger partial charge in [0.05, 0.1) is 61.5 Å². The van der Waals surface area contributed by atoms with E-state index in [9.17, 15) is 5.26 Å². The van der Waals surface area contributed by atoms with Gasteiger partial charge >= 0.3 is 0 Å². The molecule has 0 N–H and O–H groups in total. The summed E-state index contributed by atoms with van der Waals surface area (Å²) in [5.74, 6) is 1.55. The molecule has 2 aliphatic rings. The SMILES string of the molecule is N#Cc1ccc2c(c1)c1ccccc1n2-c1ccc2c(c1)Oc1ccccc1C21c2cccnc2-c2ncc(-c3ccc4c(c3)c3ccccc3n4-c3cccc(-n4c5ccccc5c5ccccc54)c3)cc21. The quantitative estimate of drug-likeness (QED) is 0.176. The van der Waals surface area contributed by atoms with Crippen molar-refractivity contribution in [3.8, 4) is 57.1 Å². The molecule has 7 heteroatoms. The van der Waals surface area contributed by atoms with Gasteiger partial charge in [0.2, 0.25) is 0 Å². The standard InChI is InChI=1S/C66H38N6O/c67-38-40-26-30-60-50(33-40)48-17-3-8-23-58(48)72(60)45-28-29-53-63(37-45)73-62-25-10-5-19-52(62)66(53)54-20-12-32-68-64(54)65-55(66)35-42(39-69-65)41-27-31-61-51(34-41)49-18-4-9-24-59(49)71(61)44-14-11-13-43(36-44)70-56-21-6-1-15-46(56)47-16-2-7-22-57(47)70/h1-37,39H. The maximum absolute atomic E-state index is 9.84. The highest BCUT2D eigenvalue weighted by molar-refractivity contribution is 6.12. The van der Waals surface area contributed by atoms with Gasteiger partial charge in [-0.25, -0.2) is 0 Å². The van der Waals surface area contributed by atoms with E-state index >= 15 is 0 Å². The lowest BCUT2D eigenvalue weighted by atomic mass is 9.66. The second-order valence-corrected chi connectivity index (χ2v) is 19.2. The normalized spacial score (nSPS) is 14.5. The van der Waals surface area contributed by atoms with Crippen molar-refractivity contribution in [2.75, 3.05) is 0 Å². The number of hydrogen-bond donors (Lipinski definition) is 0. The third-order valence-corrected chi connectivity index (χ3v) is 15.6. The largest absolute Gasteiger partial charge is 0.457 e. The van der Waals surface area contributed by atoms with E-state index in [1.165, 1.54) is 32.6 Å². The molecule has 7 nitrogen and oxygen atoms in total. The zero-order chi connectivity index (χ0) is 47.9. The molecule has 6 heterocycles. The number of hydrogen-bond acceptors (Lipinski definition) is 4. The first-order chi connectivity index (χ1) is 36.2. The minimum atomic E-state index is -0.783. The number of ether oxygens (including phenoxy) is 1. The summed E-state index contributed by atoms with van der Waals surface area (Å²) in [6, 6.07) is 80.1. The molecule has 1 aliphatic carbocycles. The molecular weight excluding hydrogens is 893 g/mol. The van der Waals surface area contributed by atoms with Crippen LogP contribution in [0.1, 0.15) is 27.8 Å². The Morgan fingerprint density at radius 1 is 0.370 bits per heavy atom. The van der Waals surface area contributed by atoms with Crippen LogP contribution in [-0.4, -0.2) is 23.7 Å². The van der Waals surface area contributed by atoms with Gasteiger partial charge in [-0.15, -0.1) is 0 Å². The molecule has 0 saturated heterocycles. The molecule has 1 unspecified atom stereocenters. The molecule has 0 radical (unpaired) electrons. The lowest BCUT2D eigenvalue weighted by Crippen LogP contribution is -2.32. The Labute approximate surface area is 418 Å². The number of pyridine rings is 2. The van der Waals surface area contributed by atoms with Gasteiger partial charge in [-0.3, -0.25) is 9.97 Å². The highest BCUT2D eigenvalue weighted by Crippen LogP contribution is 2.62. The Morgan fingerprint density at radius 3 is 1.58 bits per heavy atom. The maximum Gasteiger partial charge on any atom is 0.134 e. The van der Waals surface area contributed by atoms with E-state index in [1.54, 1.807) is 0 Å². The average molecular weight is 931 g/mol. The van der Waals surface area contributed by atoms with Gasteiger partial charge in [0.15, 0.2) is 0 Å². The van der Waals surface area contributed by atoms with Gasteiger partial charge in [0.1, 0.15) is 11.5 Å². The van der Waals surface area contributed by atoms with E-state index in [0.717, 1.165) is 106 Å². The van der Waals surface area contributed by atoms with Crippen LogP contribution in [0.5, 0.6) is 11.5 Å². The fourth-order valence-electron chi connectivity index (χ4n) is 12.6. The zero-order valence-corrected chi connectivity index (χ0v) is 39.0. The number of benzene rings is 9. The van der Waals surface area contributed by atoms with Crippen molar-refractivity contribution >= 4 is 65.4 Å². The first kappa shape index (κ1) is 39.8. The summed E-state index contributed by atoms with van der Waals surface area (Å²) in [7, 11) is 0. The number of rotatable bonds is 4. The molecule has 0 saturated carbocycles. The fraction of sp³-hybridized carbons (Fsp3) is 0.0152. The van der Waals surface area contributed by atoms with E-state index in [1.807, 2.05) is 42.7 Å². The van der Waals surface area contributed by atoms with Crippen LogP contribution in [0, 0.1) is 11.3 Å². The van der Waals surface area contributed by atoms with Gasteiger partial charge in [0, 0.05) is 90.1 Å². The summed E-state index contributed by atoms with van der Waals surface area (Å²) in [5, 5.41) is 16.8. The van der Waals surface area contributed by atoms with Crippen LogP contribution in [0.3, 0.4) is 0 Å². The van der Waals surface area contributed by atoms with Crippen LogP contribution in [0.25, 0.3) is 105 Å². The average Bonchev–Trinajstić information content (AvgIpc) is 4.17. The summed E-state index contributed by atoms with van der Waals surface area (Å²) in [6.07, 6.45) is 3.88. The van der Waals surface area contributed by atoms with Crippen molar-refractivity contribution in [2.24, 2.45) is 0 Å². The summed E-state index contributed by atoms with van der Waals surface area (Å²) in [6.45, 7) is 0. The van der Waals surface area contributed by atoms with Crippen LogP contribution < -0.4 is 4.74 Å². The predicted molar refractivity (Wildman–Crippen MR) is 293 cm³/mol. The third-order valence-electron chi connectivity index (χ3n) is 15.6. The van der Waals surface area contributed by atoms with Crippen molar-refractivity contribution < 1.29 is 4.74 Å². The second kappa shape index (κ2) is 14.8. The number of nitriles is 1. The monoisotopic (exact) mass is 930 g/mol. The van der Waals surface area contributed by atoms with Crippen molar-refractivity contribution in [3.05, 3.63) is 259 Å². The topological polar surface area (TPSA) is 73.6 Å². The Bertz CT molecular complexity index is 4700. The van der Waals surface area contributed by atoms with Crippen LogP contribution in [0.15, 0.2) is 231 Å². The fourth-order valence-corrected chi connectivity index (χ4v) is 12.6. The molecule has 14 aromatic rings. The van der Waals surface area contributed by atoms with E-state index in [0.29, 0.717) is 5.56 Å². The van der Waals surface area contributed by atoms with Gasteiger partial charge in [-0.05, 0) is 108 Å². The molecule has 16 rings (SSSR count). The van der Waals surface area contributed by atoms with Crippen molar-refractivity contribution in [2.45, 2.75) is 5.41 Å². The molecule has 1 atom stereocenters. The van der Waals surface area contributed by atoms with E-state index in [4.69, 9.17) is 14.7 Å². The Balaban J connectivity index is 0.873. The number of para-hydroxylation sites is 5. The summed E-state index contributed by atoms with van der Waals surface area (Å²) in [5.41, 5.74) is 17.8. The molecular formula is C66H38N6O. The summed E-state index contributed by atoms with van der Waals surface area (Å²) in [4.78, 5) is 10.4. The molecule has 73 heavy (non-hydrogen) atoms. The van der Waals surface area contributed by atoms with E-state index in [-0.39, 0.29) is 0 Å². The smallest absolute Gasteiger partial charge is 0.134 e. The maximum atomic E-state index is 9.84. The molecule has 5 aromatic heterocycles. The van der Waals surface area contributed by atoms with Crippen molar-refractivity contribution in [1.82, 2.24) is 23.7 Å². The van der Waals surface area contributed by atoms with E-state index in [2.05, 4.69) is 208 Å². The number of aromatic nitrogens is 5. The summed E-state index contributed by atoms with van der Waals surface area (Å²) < 4.78 is 14.1. The van der Waals surface area contributed by atoms with Crippen LogP contribution in [0.2, 0.25) is 0 Å². The zero-order valence-electron chi connectivity index (χ0n) is 39.0. The van der Waals surface area contributed by atoms with Crippen LogP contribution in [0.4, 0.5) is 0 Å². The van der Waals surface area contributed by atoms with Crippen LogP contribution >= 0.6 is 0 Å². The molecule has 1 aliphatic heterocycles. The number of nitrogens with zero attached hydrogens (tertiary/aromatic N) is 6. The molecule has 0 fully saturated rings. The Kier molecular flexibility index (Phi) is 8.04. The molecule has 0 bridgehead atoms. The highest BCUT2D eigenvalue weighted by atomic mass is 16.5. The second-order valence-electron chi connectivity index (χ2n) is 19.2. The van der Waals surface area contributed by atoms with Gasteiger partial charge in [-0.2, -0.15) is 5.26 Å². The lowest BCUT2D eigenvalue weighted by molar-refractivity contribution is 0.436. The molecule has 0 amide bonds. The van der Waals surface area contributed by atoms with Crippen molar-refractivity contribution in [3.63, 3.8) is 0 Å². The first-order valence-corrected chi connectivity index (χ1v) is 24.6. The summed E-state index contributed by atoms with van der Waals surface area (Å²) >= 11 is 0. The van der Waals surface area contributed by atoms with E-state index < -0.39 is 5.41 Å². The first-order valence-electron chi connectivity index (χ1n) is 24.6. The third kappa shape index (κ3) is 5.36. The Morgan fingerprint density at radius 2 is 0.904 bits per heavy atom. The molecule has 338 valence electrons. The molecule has 1 spiro atoms. The lowest BCUT2D eigenvalue weighted by Gasteiger charge is -2.39. The minimum absolute atomic E-state index is 0.632. The van der Waals surface area contributed by atoms with Crippen molar-refractivity contribution in [1.29, 1.82) is 5.26 Å². The Hall–Kier alpha value is -10.0. The van der Waals surface area contributed by atoms with Gasteiger partial charge in [0.25, 0.3) is 0 Å². The number of fused-ring (bicyclic) bond motifs is 18. The van der Waals surface area contributed by atoms with Gasteiger partial charge in [-0.1, -0.05) is 115 Å². The highest BCUT2D eigenvalue weighted by Gasteiger charge is 2.52. The minimum Gasteiger partial charge on any atom is -0.457 e. The predicted octanol–water partition coefficient (Wildman–Crippen LogP) is 15.8. The molecule has 9 aromatic carbocycles. The van der Waals surface area contributed by atoms with Gasteiger partial charge < -0.3 is 18.4 Å². The van der Waals surface area contributed by atoms with Crippen LogP contribution in [-0.2, 0) is 5.41 Å².